The van der Waals surface area contributed by atoms with E-state index in [1.54, 1.807) is 0 Å². The number of nitrogens with two attached hydrogens (primary N) is 1. The molecule has 3 atom stereocenters. The number of benzene rings is 1. The Balaban J connectivity index is 2.11. The molecule has 1 aromatic carbocycles. The molecule has 3 nitrogen and oxygen atoms in total. The van der Waals surface area contributed by atoms with Crippen LogP contribution in [-0.4, -0.2) is 41.1 Å². The molecule has 2 rings (SSSR count). The fourth-order valence-corrected chi connectivity index (χ4v) is 6.83. The molecule has 1 heterocycles. The fraction of sp³-hybridized carbons (Fsp3) is 0.714. The highest BCUT2D eigenvalue weighted by atomic mass is 28.3. The van der Waals surface area contributed by atoms with E-state index < -0.39 is 16.1 Å². The summed E-state index contributed by atoms with van der Waals surface area (Å²) in [6.07, 6.45) is 2.62. The van der Waals surface area contributed by atoms with Crippen LogP contribution in [0.15, 0.2) is 18.2 Å². The van der Waals surface area contributed by atoms with Crippen molar-refractivity contribution in [2.75, 3.05) is 23.7 Å². The molecular formula is C21H40N2OSi2. The zero-order valence-electron chi connectivity index (χ0n) is 18.2. The Bertz CT molecular complexity index is 607. The van der Waals surface area contributed by atoms with Crippen LogP contribution in [0.3, 0.4) is 0 Å². The van der Waals surface area contributed by atoms with Crippen LogP contribution >= 0.6 is 0 Å². The van der Waals surface area contributed by atoms with Gasteiger partial charge in [-0.15, -0.1) is 0 Å². The van der Waals surface area contributed by atoms with E-state index in [0.29, 0.717) is 17.4 Å². The Morgan fingerprint density at radius 3 is 2.35 bits per heavy atom. The first-order valence-corrected chi connectivity index (χ1v) is 17.4. The third-order valence-corrected chi connectivity index (χ3v) is 11.4. The number of nitrogen functional groups attached to an aromatic ring is 1. The highest BCUT2D eigenvalue weighted by molar-refractivity contribution is 6.77. The van der Waals surface area contributed by atoms with E-state index in [1.807, 2.05) is 0 Å². The number of nitrogens with zero attached hydrogens (tertiary/aromatic N) is 1. The van der Waals surface area contributed by atoms with Gasteiger partial charge in [-0.3, -0.25) is 0 Å². The zero-order valence-corrected chi connectivity index (χ0v) is 20.2. The Labute approximate surface area is 163 Å². The highest BCUT2D eigenvalue weighted by Crippen LogP contribution is 2.34. The van der Waals surface area contributed by atoms with Crippen molar-refractivity contribution in [3.63, 3.8) is 0 Å². The molecular weight excluding hydrogens is 352 g/mol. The Morgan fingerprint density at radius 1 is 1.15 bits per heavy atom. The van der Waals surface area contributed by atoms with Crippen molar-refractivity contribution in [3.05, 3.63) is 23.8 Å². The summed E-state index contributed by atoms with van der Waals surface area (Å²) in [6.45, 7) is 21.2. The van der Waals surface area contributed by atoms with Gasteiger partial charge in [0.05, 0.1) is 22.3 Å². The first-order valence-electron chi connectivity index (χ1n) is 10.2. The van der Waals surface area contributed by atoms with E-state index in [0.717, 1.165) is 31.6 Å². The van der Waals surface area contributed by atoms with Gasteiger partial charge in [-0.05, 0) is 42.1 Å². The fourth-order valence-electron chi connectivity index (χ4n) is 3.82. The SMILES string of the molecule is CCC(OC1CCN(c2ccc(N)c(C(C)[Si](C)(C)C)c2)C1)[Si](C)(C)C. The quantitative estimate of drug-likeness (QED) is 0.492. The number of anilines is 2. The van der Waals surface area contributed by atoms with Crippen LogP contribution in [0, 0.1) is 0 Å². The van der Waals surface area contributed by atoms with Gasteiger partial charge in [0.15, 0.2) is 0 Å². The third-order valence-electron chi connectivity index (χ3n) is 6.04. The lowest BCUT2D eigenvalue weighted by Crippen LogP contribution is -2.42. The van der Waals surface area contributed by atoms with Crippen molar-refractivity contribution in [2.45, 2.75) is 83.3 Å². The van der Waals surface area contributed by atoms with Crippen LogP contribution in [-0.2, 0) is 4.74 Å². The first-order chi connectivity index (χ1) is 11.9. The van der Waals surface area contributed by atoms with E-state index in [9.17, 15) is 0 Å². The maximum Gasteiger partial charge on any atom is 0.0785 e. The van der Waals surface area contributed by atoms with Crippen molar-refractivity contribution < 1.29 is 4.74 Å². The molecule has 1 fully saturated rings. The summed E-state index contributed by atoms with van der Waals surface area (Å²) in [5, 5.41) is 0. The molecule has 1 saturated heterocycles. The van der Waals surface area contributed by atoms with Crippen molar-refractivity contribution in [1.82, 2.24) is 0 Å². The molecule has 0 amide bonds. The van der Waals surface area contributed by atoms with Crippen LogP contribution < -0.4 is 10.6 Å². The molecule has 1 aromatic rings. The summed E-state index contributed by atoms with van der Waals surface area (Å²) < 4.78 is 6.53. The van der Waals surface area contributed by atoms with E-state index in [2.05, 4.69) is 76.2 Å². The van der Waals surface area contributed by atoms with Gasteiger partial charge >= 0.3 is 0 Å². The predicted octanol–water partition coefficient (Wildman–Crippen LogP) is 5.50. The van der Waals surface area contributed by atoms with Gasteiger partial charge in [0.25, 0.3) is 0 Å². The normalized spacial score (nSPS) is 21.1. The van der Waals surface area contributed by atoms with Crippen molar-refractivity contribution in [2.24, 2.45) is 0 Å². The average molecular weight is 393 g/mol. The number of rotatable bonds is 7. The van der Waals surface area contributed by atoms with Gasteiger partial charge in [-0.2, -0.15) is 0 Å². The molecule has 5 heteroatoms. The topological polar surface area (TPSA) is 38.5 Å². The molecule has 0 radical (unpaired) electrons. The molecule has 1 aliphatic rings. The van der Waals surface area contributed by atoms with Crippen molar-refractivity contribution in [3.8, 4) is 0 Å². The minimum Gasteiger partial charge on any atom is -0.399 e. The lowest BCUT2D eigenvalue weighted by molar-refractivity contribution is 0.0370. The van der Waals surface area contributed by atoms with Gasteiger partial charge in [0.1, 0.15) is 0 Å². The predicted molar refractivity (Wildman–Crippen MR) is 122 cm³/mol. The number of ether oxygens (including phenoxy) is 1. The van der Waals surface area contributed by atoms with Crippen molar-refractivity contribution in [1.29, 1.82) is 0 Å². The van der Waals surface area contributed by atoms with Gasteiger partial charge in [-0.25, -0.2) is 0 Å². The zero-order chi connectivity index (χ0) is 19.7. The van der Waals surface area contributed by atoms with E-state index >= 15 is 0 Å². The first kappa shape index (κ1) is 21.5. The summed E-state index contributed by atoms with van der Waals surface area (Å²) in [6, 6.07) is 6.64. The third kappa shape index (κ3) is 5.14. The molecule has 1 aliphatic heterocycles. The largest absolute Gasteiger partial charge is 0.399 e. The average Bonchev–Trinajstić information content (AvgIpc) is 2.99. The lowest BCUT2D eigenvalue weighted by atomic mass is 10.1. The maximum absolute atomic E-state index is 6.53. The highest BCUT2D eigenvalue weighted by Gasteiger charge is 2.32. The smallest absolute Gasteiger partial charge is 0.0785 e. The molecule has 0 aromatic heterocycles. The summed E-state index contributed by atoms with van der Waals surface area (Å²) in [7, 11) is -2.54. The lowest BCUT2D eigenvalue weighted by Gasteiger charge is -2.31. The van der Waals surface area contributed by atoms with Gasteiger partial charge < -0.3 is 15.4 Å². The Kier molecular flexibility index (Phi) is 6.68. The van der Waals surface area contributed by atoms with Crippen molar-refractivity contribution >= 4 is 27.5 Å². The number of hydrogen-bond donors (Lipinski definition) is 1. The second-order valence-corrected chi connectivity index (χ2v) is 21.1. The standard InChI is InChI=1S/C21H40N2OSi2/c1-9-21(26(6,7)8)24-18-12-13-23(15-18)17-10-11-20(22)19(14-17)16(2)25(3,4)5/h10-11,14,16,18,21H,9,12-13,15,22H2,1-8H3. The van der Waals surface area contributed by atoms with Crippen LogP contribution in [0.2, 0.25) is 39.3 Å². The van der Waals surface area contributed by atoms with E-state index in [4.69, 9.17) is 10.5 Å². The van der Waals surface area contributed by atoms with Crippen LogP contribution in [0.1, 0.15) is 37.8 Å². The molecule has 0 bridgehead atoms. The van der Waals surface area contributed by atoms with Gasteiger partial charge in [0, 0.05) is 30.2 Å². The summed E-state index contributed by atoms with van der Waals surface area (Å²) >= 11 is 0. The Hall–Kier alpha value is -0.786. The maximum atomic E-state index is 6.53. The van der Waals surface area contributed by atoms with Gasteiger partial charge in [0.2, 0.25) is 0 Å². The van der Waals surface area contributed by atoms with Gasteiger partial charge in [-0.1, -0.05) is 53.1 Å². The molecule has 0 saturated carbocycles. The van der Waals surface area contributed by atoms with Crippen LogP contribution in [0.25, 0.3) is 0 Å². The summed E-state index contributed by atoms with van der Waals surface area (Å²) in [5.74, 6) is 0. The minimum absolute atomic E-state index is 0.363. The summed E-state index contributed by atoms with van der Waals surface area (Å²) in [4.78, 5) is 2.49. The molecule has 148 valence electrons. The molecule has 2 N–H and O–H groups in total. The second kappa shape index (κ2) is 8.07. The number of hydrogen-bond acceptors (Lipinski definition) is 3. The summed E-state index contributed by atoms with van der Waals surface area (Å²) in [5.41, 5.74) is 10.9. The molecule has 3 unspecified atom stereocenters. The molecule has 0 spiro atoms. The second-order valence-electron chi connectivity index (χ2n) is 10.2. The minimum atomic E-state index is -1.28. The van der Waals surface area contributed by atoms with E-state index in [-0.39, 0.29) is 0 Å². The van der Waals surface area contributed by atoms with E-state index in [1.165, 1.54) is 11.3 Å². The molecule has 0 aliphatic carbocycles. The Morgan fingerprint density at radius 2 is 1.81 bits per heavy atom. The van der Waals surface area contributed by atoms with Crippen LogP contribution in [0.5, 0.6) is 0 Å². The van der Waals surface area contributed by atoms with Crippen LogP contribution in [0.4, 0.5) is 11.4 Å². The molecule has 26 heavy (non-hydrogen) atoms. The monoisotopic (exact) mass is 392 g/mol.